The summed E-state index contributed by atoms with van der Waals surface area (Å²) >= 11 is 0. The van der Waals surface area contributed by atoms with Gasteiger partial charge in [-0.2, -0.15) is 0 Å². The minimum Gasteiger partial charge on any atom is -0.389 e. The van der Waals surface area contributed by atoms with E-state index in [0.29, 0.717) is 19.6 Å². The third-order valence-electron chi connectivity index (χ3n) is 2.95. The molecule has 17 heavy (non-hydrogen) atoms. The van der Waals surface area contributed by atoms with Crippen molar-refractivity contribution in [3.8, 4) is 0 Å². The predicted octanol–water partition coefficient (Wildman–Crippen LogP) is -0.109. The molecule has 0 aromatic carbocycles. The van der Waals surface area contributed by atoms with Crippen LogP contribution in [0, 0.1) is 0 Å². The Hall–Kier alpha value is -0.170. The number of hydrogen-bond donors (Lipinski definition) is 1. The molecular weight excluding hydrogens is 242 g/mol. The highest BCUT2D eigenvalue weighted by atomic mass is 32.2. The van der Waals surface area contributed by atoms with Gasteiger partial charge in [0, 0.05) is 12.6 Å². The molecule has 5 nitrogen and oxygen atoms in total. The molecule has 102 valence electrons. The monoisotopic (exact) mass is 265 g/mol. The van der Waals surface area contributed by atoms with E-state index >= 15 is 0 Å². The van der Waals surface area contributed by atoms with Crippen molar-refractivity contribution in [1.29, 1.82) is 0 Å². The largest absolute Gasteiger partial charge is 0.389 e. The third-order valence-corrected chi connectivity index (χ3v) is 4.70. The van der Waals surface area contributed by atoms with E-state index in [1.54, 1.807) is 0 Å². The number of ether oxygens (including phenoxy) is 1. The lowest BCUT2D eigenvalue weighted by atomic mass is 10.2. The zero-order valence-corrected chi connectivity index (χ0v) is 11.6. The summed E-state index contributed by atoms with van der Waals surface area (Å²) in [4.78, 5) is 1.92. The van der Waals surface area contributed by atoms with Gasteiger partial charge in [-0.25, -0.2) is 8.42 Å². The number of aliphatic hydroxyl groups is 1. The van der Waals surface area contributed by atoms with Crippen LogP contribution in [-0.4, -0.2) is 68.4 Å². The molecule has 6 heteroatoms. The normalized spacial score (nSPS) is 25.6. The topological polar surface area (TPSA) is 66.8 Å². The Morgan fingerprint density at radius 1 is 1.47 bits per heavy atom. The zero-order chi connectivity index (χ0) is 13.1. The highest BCUT2D eigenvalue weighted by Gasteiger charge is 2.31. The number of aliphatic hydroxyl groups excluding tert-OH is 1. The average molecular weight is 265 g/mol. The van der Waals surface area contributed by atoms with Gasteiger partial charge < -0.3 is 9.84 Å². The Kier molecular flexibility index (Phi) is 5.37. The van der Waals surface area contributed by atoms with Gasteiger partial charge >= 0.3 is 0 Å². The lowest BCUT2D eigenvalue weighted by Gasteiger charge is -2.25. The van der Waals surface area contributed by atoms with E-state index in [2.05, 4.69) is 0 Å². The zero-order valence-electron chi connectivity index (χ0n) is 10.8. The first-order valence-electron chi connectivity index (χ1n) is 6.00. The molecule has 0 radical (unpaired) electrons. The number of hydrogen-bond acceptors (Lipinski definition) is 5. The lowest BCUT2D eigenvalue weighted by molar-refractivity contribution is -0.00902. The van der Waals surface area contributed by atoms with E-state index in [1.165, 1.54) is 0 Å². The van der Waals surface area contributed by atoms with Gasteiger partial charge in [-0.1, -0.05) is 0 Å². The van der Waals surface area contributed by atoms with Crippen molar-refractivity contribution in [3.05, 3.63) is 0 Å². The fourth-order valence-corrected chi connectivity index (χ4v) is 3.77. The van der Waals surface area contributed by atoms with E-state index in [-0.39, 0.29) is 23.7 Å². The Morgan fingerprint density at radius 3 is 2.59 bits per heavy atom. The number of sulfone groups is 1. The molecule has 1 heterocycles. The SMILES string of the molecule is CC(C)OCC(O)CN(C)C1CCS(=O)(=O)C1. The molecule has 0 bridgehead atoms. The standard InChI is InChI=1S/C11H23NO4S/c1-9(2)16-7-11(13)6-12(3)10-4-5-17(14,15)8-10/h9-11,13H,4-8H2,1-3H3. The van der Waals surface area contributed by atoms with Crippen LogP contribution < -0.4 is 0 Å². The van der Waals surface area contributed by atoms with Gasteiger partial charge in [-0.05, 0) is 27.3 Å². The molecule has 0 aromatic heterocycles. The highest BCUT2D eigenvalue weighted by Crippen LogP contribution is 2.16. The smallest absolute Gasteiger partial charge is 0.151 e. The van der Waals surface area contributed by atoms with Gasteiger partial charge in [0.05, 0.1) is 30.3 Å². The fourth-order valence-electron chi connectivity index (χ4n) is 1.96. The molecule has 0 spiro atoms. The second-order valence-electron chi connectivity index (χ2n) is 5.03. The van der Waals surface area contributed by atoms with Crippen LogP contribution in [0.3, 0.4) is 0 Å². The summed E-state index contributed by atoms with van der Waals surface area (Å²) in [7, 11) is -1.01. The summed E-state index contributed by atoms with van der Waals surface area (Å²) in [5.41, 5.74) is 0. The maximum Gasteiger partial charge on any atom is 0.151 e. The Balaban J connectivity index is 2.32. The second-order valence-corrected chi connectivity index (χ2v) is 7.26. The molecule has 2 unspecified atom stereocenters. The van der Waals surface area contributed by atoms with Crippen LogP contribution in [0.2, 0.25) is 0 Å². The summed E-state index contributed by atoms with van der Waals surface area (Å²) in [6, 6.07) is 0.0358. The minimum atomic E-state index is -2.86. The Morgan fingerprint density at radius 2 is 2.12 bits per heavy atom. The molecule has 1 rings (SSSR count). The van der Waals surface area contributed by atoms with Crippen molar-refractivity contribution in [2.24, 2.45) is 0 Å². The average Bonchev–Trinajstić information content (AvgIpc) is 2.56. The van der Waals surface area contributed by atoms with Gasteiger partial charge in [0.2, 0.25) is 0 Å². The summed E-state index contributed by atoms with van der Waals surface area (Å²) < 4.78 is 28.0. The molecule has 0 amide bonds. The third kappa shape index (κ3) is 5.33. The van der Waals surface area contributed by atoms with Crippen LogP contribution in [0.4, 0.5) is 0 Å². The van der Waals surface area contributed by atoms with Crippen molar-refractivity contribution in [1.82, 2.24) is 4.90 Å². The Labute approximate surface area is 104 Å². The molecule has 1 aliphatic rings. The van der Waals surface area contributed by atoms with Gasteiger partial charge in [-0.3, -0.25) is 4.90 Å². The molecule has 1 N–H and O–H groups in total. The fraction of sp³-hybridized carbons (Fsp3) is 1.00. The highest BCUT2D eigenvalue weighted by molar-refractivity contribution is 7.91. The summed E-state index contributed by atoms with van der Waals surface area (Å²) in [5, 5.41) is 9.74. The van der Waals surface area contributed by atoms with E-state index in [0.717, 1.165) is 0 Å². The van der Waals surface area contributed by atoms with Gasteiger partial charge in [0.1, 0.15) is 0 Å². The quantitative estimate of drug-likeness (QED) is 0.726. The van der Waals surface area contributed by atoms with Crippen LogP contribution in [0.15, 0.2) is 0 Å². The van der Waals surface area contributed by atoms with Gasteiger partial charge in [0.25, 0.3) is 0 Å². The van der Waals surface area contributed by atoms with Crippen LogP contribution >= 0.6 is 0 Å². The van der Waals surface area contributed by atoms with Crippen LogP contribution in [-0.2, 0) is 14.6 Å². The number of likely N-dealkylation sites (N-methyl/N-ethyl adjacent to an activating group) is 1. The summed E-state index contributed by atoms with van der Waals surface area (Å²) in [5.74, 6) is 0.474. The van der Waals surface area contributed by atoms with Crippen molar-refractivity contribution in [2.75, 3.05) is 31.7 Å². The first-order valence-corrected chi connectivity index (χ1v) is 7.82. The van der Waals surface area contributed by atoms with Crippen LogP contribution in [0.1, 0.15) is 20.3 Å². The number of rotatable bonds is 6. The predicted molar refractivity (Wildman–Crippen MR) is 66.8 cm³/mol. The van der Waals surface area contributed by atoms with Crippen molar-refractivity contribution < 1.29 is 18.3 Å². The second kappa shape index (κ2) is 6.13. The van der Waals surface area contributed by atoms with E-state index in [1.807, 2.05) is 25.8 Å². The maximum atomic E-state index is 11.3. The minimum absolute atomic E-state index is 0.0358. The Bertz CT molecular complexity index is 328. The molecule has 0 aliphatic carbocycles. The van der Waals surface area contributed by atoms with Gasteiger partial charge in [0.15, 0.2) is 9.84 Å². The summed E-state index contributed by atoms with van der Waals surface area (Å²) in [6.07, 6.45) is 0.198. The first-order chi connectivity index (χ1) is 7.80. The van der Waals surface area contributed by atoms with Crippen molar-refractivity contribution in [3.63, 3.8) is 0 Å². The van der Waals surface area contributed by atoms with E-state index < -0.39 is 15.9 Å². The van der Waals surface area contributed by atoms with Crippen LogP contribution in [0.25, 0.3) is 0 Å². The van der Waals surface area contributed by atoms with Crippen LogP contribution in [0.5, 0.6) is 0 Å². The summed E-state index contributed by atoms with van der Waals surface area (Å²) in [6.45, 7) is 4.58. The van der Waals surface area contributed by atoms with Crippen molar-refractivity contribution >= 4 is 9.84 Å². The lowest BCUT2D eigenvalue weighted by Crippen LogP contribution is -2.40. The van der Waals surface area contributed by atoms with E-state index in [4.69, 9.17) is 4.74 Å². The molecule has 1 aliphatic heterocycles. The first kappa shape index (κ1) is 14.9. The van der Waals surface area contributed by atoms with Crippen molar-refractivity contribution in [2.45, 2.75) is 38.5 Å². The molecule has 0 aromatic rings. The number of nitrogens with zero attached hydrogens (tertiary/aromatic N) is 1. The molecular formula is C11H23NO4S. The maximum absolute atomic E-state index is 11.3. The molecule has 1 saturated heterocycles. The molecule has 1 fully saturated rings. The van der Waals surface area contributed by atoms with Gasteiger partial charge in [-0.15, -0.1) is 0 Å². The molecule has 2 atom stereocenters. The van der Waals surface area contributed by atoms with E-state index in [9.17, 15) is 13.5 Å². The molecule has 0 saturated carbocycles.